The molecule has 1 aromatic heterocycles. The molecule has 0 aliphatic carbocycles. The summed E-state index contributed by atoms with van der Waals surface area (Å²) >= 11 is 0. The van der Waals surface area contributed by atoms with Crippen LogP contribution in [0.1, 0.15) is 61.0 Å². The summed E-state index contributed by atoms with van der Waals surface area (Å²) in [5, 5.41) is 13.8. The van der Waals surface area contributed by atoms with Crippen molar-refractivity contribution in [3.05, 3.63) is 71.5 Å². The smallest absolute Gasteiger partial charge is 0.317 e. The molecule has 0 bridgehead atoms. The number of hydrogen-bond acceptors (Lipinski definition) is 5. The van der Waals surface area contributed by atoms with E-state index in [0.717, 1.165) is 22.5 Å². The van der Waals surface area contributed by atoms with E-state index in [0.29, 0.717) is 43.1 Å². The molecule has 0 radical (unpaired) electrons. The molecule has 0 atom stereocenters. The molecular weight excluding hydrogens is 444 g/mol. The van der Waals surface area contributed by atoms with Crippen molar-refractivity contribution in [2.45, 2.75) is 46.7 Å². The Morgan fingerprint density at radius 1 is 1.29 bits per heavy atom. The molecule has 3 amide bonds. The number of hydrogen-bond donors (Lipinski definition) is 2. The van der Waals surface area contributed by atoms with E-state index in [9.17, 15) is 9.59 Å². The Bertz CT molecular complexity index is 1160. The van der Waals surface area contributed by atoms with E-state index < -0.39 is 0 Å². The van der Waals surface area contributed by atoms with Gasteiger partial charge in [0.25, 0.3) is 5.91 Å². The van der Waals surface area contributed by atoms with Gasteiger partial charge in [-0.3, -0.25) is 4.79 Å². The second kappa shape index (κ2) is 11.5. The highest BCUT2D eigenvalue weighted by atomic mass is 16.5. The van der Waals surface area contributed by atoms with Gasteiger partial charge >= 0.3 is 6.03 Å². The van der Waals surface area contributed by atoms with Crippen LogP contribution in [0.3, 0.4) is 0 Å². The minimum Gasteiger partial charge on any atom is -0.496 e. The lowest BCUT2D eigenvalue weighted by Gasteiger charge is -2.29. The number of aromatic nitrogens is 3. The van der Waals surface area contributed by atoms with Crippen molar-refractivity contribution in [1.29, 1.82) is 0 Å². The lowest BCUT2D eigenvalue weighted by Crippen LogP contribution is -2.42. The van der Waals surface area contributed by atoms with Crippen LogP contribution in [0.5, 0.6) is 5.75 Å². The minimum atomic E-state index is -0.324. The molecule has 0 saturated carbocycles. The summed E-state index contributed by atoms with van der Waals surface area (Å²) in [6, 6.07) is 3.83. The Hall–Kier alpha value is -3.88. The maximum absolute atomic E-state index is 13.0. The lowest BCUT2D eigenvalue weighted by molar-refractivity contribution is 0.0964. The van der Waals surface area contributed by atoms with Gasteiger partial charge in [0, 0.05) is 31.4 Å². The molecule has 9 nitrogen and oxygen atoms in total. The first-order chi connectivity index (χ1) is 16.7. The number of carbonyl (C=O) groups is 2. The van der Waals surface area contributed by atoms with Gasteiger partial charge in [-0.15, -0.1) is 10.2 Å². The third-order valence-electron chi connectivity index (χ3n) is 5.79. The van der Waals surface area contributed by atoms with Gasteiger partial charge in [-0.1, -0.05) is 18.7 Å². The van der Waals surface area contributed by atoms with Crippen LogP contribution in [0.15, 0.2) is 49.0 Å². The zero-order chi connectivity index (χ0) is 25.5. The predicted octanol–water partition coefficient (Wildman–Crippen LogP) is 3.86. The van der Waals surface area contributed by atoms with E-state index in [4.69, 9.17) is 4.74 Å². The first kappa shape index (κ1) is 25.7. The summed E-state index contributed by atoms with van der Waals surface area (Å²) in [7, 11) is 1.54. The van der Waals surface area contributed by atoms with E-state index >= 15 is 0 Å². The van der Waals surface area contributed by atoms with Crippen LogP contribution in [0.4, 0.5) is 4.79 Å². The molecule has 9 heteroatoms. The molecule has 0 saturated heterocycles. The highest BCUT2D eigenvalue weighted by Gasteiger charge is 2.24. The van der Waals surface area contributed by atoms with E-state index in [1.54, 1.807) is 30.5 Å². The molecule has 2 heterocycles. The van der Waals surface area contributed by atoms with Crippen LogP contribution >= 0.6 is 0 Å². The number of rotatable bonds is 8. The third-order valence-corrected chi connectivity index (χ3v) is 5.79. The fourth-order valence-electron chi connectivity index (χ4n) is 3.91. The van der Waals surface area contributed by atoms with Gasteiger partial charge in [0.15, 0.2) is 5.82 Å². The highest BCUT2D eigenvalue weighted by Crippen LogP contribution is 2.28. The fourth-order valence-corrected chi connectivity index (χ4v) is 3.91. The van der Waals surface area contributed by atoms with E-state index in [1.165, 1.54) is 0 Å². The van der Waals surface area contributed by atoms with E-state index in [-0.39, 0.29) is 18.0 Å². The average Bonchev–Trinajstić information content (AvgIpc) is 3.33. The number of methoxy groups -OCH3 is 1. The number of allylic oxidation sites excluding steroid dienone is 4. The average molecular weight is 479 g/mol. The number of nitrogens with one attached hydrogen (secondary N) is 2. The zero-order valence-corrected chi connectivity index (χ0v) is 21.1. The van der Waals surface area contributed by atoms with Crippen LogP contribution < -0.4 is 15.4 Å². The Morgan fingerprint density at radius 3 is 2.74 bits per heavy atom. The Morgan fingerprint density at radius 2 is 2.06 bits per heavy atom. The molecule has 0 unspecified atom stereocenters. The molecule has 186 valence electrons. The first-order valence-electron chi connectivity index (χ1n) is 11.7. The van der Waals surface area contributed by atoms with E-state index in [2.05, 4.69) is 41.3 Å². The van der Waals surface area contributed by atoms with Crippen LogP contribution in [-0.4, -0.2) is 51.8 Å². The highest BCUT2D eigenvalue weighted by molar-refractivity contribution is 5.98. The number of ether oxygens (including phenoxy) is 1. The second-order valence-corrected chi connectivity index (χ2v) is 8.67. The molecule has 2 N–H and O–H groups in total. The number of amides is 3. The van der Waals surface area contributed by atoms with Crippen molar-refractivity contribution in [3.8, 4) is 5.75 Å². The molecule has 2 aromatic rings. The number of fused-ring (bicyclic) bond motifs is 1. The summed E-state index contributed by atoms with van der Waals surface area (Å²) in [6.07, 6.45) is 7.85. The van der Waals surface area contributed by atoms with Crippen LogP contribution in [0.25, 0.3) is 5.57 Å². The van der Waals surface area contributed by atoms with Crippen molar-refractivity contribution in [2.24, 2.45) is 0 Å². The van der Waals surface area contributed by atoms with E-state index in [1.807, 2.05) is 36.6 Å². The topological polar surface area (TPSA) is 101 Å². The number of benzene rings is 1. The summed E-state index contributed by atoms with van der Waals surface area (Å²) in [4.78, 5) is 27.0. The van der Waals surface area contributed by atoms with Gasteiger partial charge in [0.05, 0.1) is 12.7 Å². The summed E-state index contributed by atoms with van der Waals surface area (Å²) in [6.45, 7) is 13.6. The number of carbonyl (C=O) groups excluding carboxylic acids is 2. The normalized spacial score (nSPS) is 13.7. The first-order valence-corrected chi connectivity index (χ1v) is 11.7. The van der Waals surface area contributed by atoms with Crippen molar-refractivity contribution in [2.75, 3.05) is 20.2 Å². The Labute approximate surface area is 206 Å². The van der Waals surface area contributed by atoms with Crippen molar-refractivity contribution >= 4 is 17.5 Å². The van der Waals surface area contributed by atoms with Gasteiger partial charge < -0.3 is 24.8 Å². The standard InChI is InChI=1S/C26H34N6O3/c1-7-27-26(34)31-12-11-20-14-23(35-6)22(13-21(20)15-31)25(33)29-19(5)10-8-9-18(4)24-30-28-16-32(24)17(2)3/h8-10,13-14,16-17H,5,7,11-12,15H2,1-4,6H3,(H,27,34)(H,29,33)/b10-8-,18-9+. The molecule has 35 heavy (non-hydrogen) atoms. The number of nitrogens with zero attached hydrogens (tertiary/aromatic N) is 4. The Kier molecular flexibility index (Phi) is 8.46. The van der Waals surface area contributed by atoms with Gasteiger partial charge in [-0.25, -0.2) is 4.79 Å². The fraction of sp³-hybridized carbons (Fsp3) is 0.385. The molecular formula is C26H34N6O3. The Balaban J connectivity index is 1.71. The summed E-state index contributed by atoms with van der Waals surface area (Å²) in [5.74, 6) is 0.961. The monoisotopic (exact) mass is 478 g/mol. The predicted molar refractivity (Wildman–Crippen MR) is 136 cm³/mol. The maximum Gasteiger partial charge on any atom is 0.317 e. The molecule has 3 rings (SSSR count). The number of urea groups is 1. The van der Waals surface area contributed by atoms with Gasteiger partial charge in [0.1, 0.15) is 12.1 Å². The van der Waals surface area contributed by atoms with Gasteiger partial charge in [-0.05, 0) is 69.0 Å². The summed E-state index contributed by atoms with van der Waals surface area (Å²) in [5.41, 5.74) is 3.79. The summed E-state index contributed by atoms with van der Waals surface area (Å²) < 4.78 is 7.48. The molecule has 0 spiro atoms. The quantitative estimate of drug-likeness (QED) is 0.561. The van der Waals surface area contributed by atoms with Crippen LogP contribution in [-0.2, 0) is 13.0 Å². The van der Waals surface area contributed by atoms with Gasteiger partial charge in [-0.2, -0.15) is 0 Å². The minimum absolute atomic E-state index is 0.103. The third kappa shape index (κ3) is 6.17. The molecule has 1 aliphatic heterocycles. The van der Waals surface area contributed by atoms with Gasteiger partial charge in [0.2, 0.25) is 0 Å². The maximum atomic E-state index is 13.0. The molecule has 0 fully saturated rings. The van der Waals surface area contributed by atoms with Crippen molar-refractivity contribution < 1.29 is 14.3 Å². The zero-order valence-electron chi connectivity index (χ0n) is 21.1. The second-order valence-electron chi connectivity index (χ2n) is 8.67. The molecule has 1 aromatic carbocycles. The largest absolute Gasteiger partial charge is 0.496 e. The lowest BCUT2D eigenvalue weighted by atomic mass is 9.96. The van der Waals surface area contributed by atoms with Crippen LogP contribution in [0.2, 0.25) is 0 Å². The van der Waals surface area contributed by atoms with Crippen LogP contribution in [0, 0.1) is 0 Å². The van der Waals surface area contributed by atoms with Crippen molar-refractivity contribution in [3.63, 3.8) is 0 Å². The van der Waals surface area contributed by atoms with Crippen molar-refractivity contribution in [1.82, 2.24) is 30.3 Å². The SMILES string of the molecule is C=C(/C=C\C=C(/C)c1nncn1C(C)C)NC(=O)c1cc2c(cc1OC)CCN(C(=O)NCC)C2. The molecule has 1 aliphatic rings.